The number of carbonyl (C=O) groups excluding carboxylic acids is 1. The second-order valence-electron chi connectivity index (χ2n) is 4.69. The number of hydrogen-bond donors (Lipinski definition) is 1. The number of aromatic nitrogens is 1. The number of rotatable bonds is 2. The predicted molar refractivity (Wildman–Crippen MR) is 73.1 cm³/mol. The van der Waals surface area contributed by atoms with Crippen molar-refractivity contribution in [3.8, 4) is 0 Å². The minimum Gasteiger partial charge on any atom is -0.317 e. The Morgan fingerprint density at radius 1 is 1.25 bits per heavy atom. The van der Waals surface area contributed by atoms with Gasteiger partial charge in [-0.05, 0) is 49.4 Å². The van der Waals surface area contributed by atoms with Crippen molar-refractivity contribution < 1.29 is 13.6 Å². The standard InChI is InChI=1S/C14H12F2N2OS/c15-12-6-5-9(13(16)18-12)17-14(19)11-7-8-3-1-2-4-10(8)20-11/h5-7H,1-4H2,(H,17,19). The van der Waals surface area contributed by atoms with E-state index >= 15 is 0 Å². The van der Waals surface area contributed by atoms with Crippen LogP contribution in [0.4, 0.5) is 14.5 Å². The highest BCUT2D eigenvalue weighted by Gasteiger charge is 2.18. The molecule has 1 amide bonds. The molecule has 0 unspecified atom stereocenters. The summed E-state index contributed by atoms with van der Waals surface area (Å²) in [6.07, 6.45) is 4.28. The lowest BCUT2D eigenvalue weighted by Gasteiger charge is -2.08. The summed E-state index contributed by atoms with van der Waals surface area (Å²) in [5.74, 6) is -2.30. The van der Waals surface area contributed by atoms with Gasteiger partial charge in [-0.15, -0.1) is 11.3 Å². The van der Waals surface area contributed by atoms with Gasteiger partial charge in [0.1, 0.15) is 0 Å². The largest absolute Gasteiger partial charge is 0.317 e. The number of thiophene rings is 1. The van der Waals surface area contributed by atoms with Crippen LogP contribution in [0.25, 0.3) is 0 Å². The van der Waals surface area contributed by atoms with Crippen molar-refractivity contribution in [3.05, 3.63) is 45.4 Å². The topological polar surface area (TPSA) is 42.0 Å². The van der Waals surface area contributed by atoms with E-state index in [1.807, 2.05) is 6.07 Å². The van der Waals surface area contributed by atoms with Crippen LogP contribution < -0.4 is 5.32 Å². The predicted octanol–water partition coefficient (Wildman–Crippen LogP) is 3.55. The third-order valence-electron chi connectivity index (χ3n) is 3.28. The molecule has 0 saturated carbocycles. The third kappa shape index (κ3) is 2.56. The fourth-order valence-electron chi connectivity index (χ4n) is 2.29. The van der Waals surface area contributed by atoms with Gasteiger partial charge in [-0.2, -0.15) is 13.8 Å². The molecule has 0 aliphatic heterocycles. The Labute approximate surface area is 118 Å². The zero-order valence-corrected chi connectivity index (χ0v) is 11.4. The molecule has 20 heavy (non-hydrogen) atoms. The summed E-state index contributed by atoms with van der Waals surface area (Å²) in [6.45, 7) is 0. The molecule has 1 aliphatic rings. The van der Waals surface area contributed by atoms with Gasteiger partial charge < -0.3 is 5.32 Å². The van der Waals surface area contributed by atoms with E-state index in [2.05, 4.69) is 10.3 Å². The normalized spacial score (nSPS) is 13.9. The Kier molecular flexibility index (Phi) is 3.48. The minimum atomic E-state index is -1.01. The fraction of sp³-hybridized carbons (Fsp3) is 0.286. The number of hydrogen-bond acceptors (Lipinski definition) is 3. The number of carbonyl (C=O) groups is 1. The maximum Gasteiger partial charge on any atom is 0.265 e. The smallest absolute Gasteiger partial charge is 0.265 e. The van der Waals surface area contributed by atoms with Gasteiger partial charge in [0.05, 0.1) is 10.6 Å². The van der Waals surface area contributed by atoms with Crippen LogP contribution >= 0.6 is 11.3 Å². The van der Waals surface area contributed by atoms with Crippen molar-refractivity contribution >= 4 is 22.9 Å². The zero-order chi connectivity index (χ0) is 14.1. The van der Waals surface area contributed by atoms with E-state index in [0.717, 1.165) is 31.7 Å². The minimum absolute atomic E-state index is 0.109. The van der Waals surface area contributed by atoms with Crippen LogP contribution in [0.2, 0.25) is 0 Å². The van der Waals surface area contributed by atoms with E-state index in [-0.39, 0.29) is 11.6 Å². The highest BCUT2D eigenvalue weighted by atomic mass is 32.1. The van der Waals surface area contributed by atoms with E-state index < -0.39 is 11.9 Å². The van der Waals surface area contributed by atoms with Crippen LogP contribution in [-0.4, -0.2) is 10.9 Å². The molecule has 6 heteroatoms. The van der Waals surface area contributed by atoms with Gasteiger partial charge in [0.25, 0.3) is 5.91 Å². The van der Waals surface area contributed by atoms with Crippen molar-refractivity contribution in [3.63, 3.8) is 0 Å². The van der Waals surface area contributed by atoms with Gasteiger partial charge in [0, 0.05) is 4.88 Å². The molecule has 0 saturated heterocycles. The van der Waals surface area contributed by atoms with Crippen molar-refractivity contribution in [2.75, 3.05) is 5.32 Å². The molecule has 0 bridgehead atoms. The lowest BCUT2D eigenvalue weighted by Crippen LogP contribution is -2.12. The number of anilines is 1. The van der Waals surface area contributed by atoms with Crippen LogP contribution in [0.15, 0.2) is 18.2 Å². The molecular weight excluding hydrogens is 282 g/mol. The van der Waals surface area contributed by atoms with Gasteiger partial charge >= 0.3 is 0 Å². The number of pyridine rings is 1. The SMILES string of the molecule is O=C(Nc1ccc(F)nc1F)c1cc2c(s1)CCCC2. The van der Waals surface area contributed by atoms with Crippen LogP contribution in [0, 0.1) is 11.9 Å². The van der Waals surface area contributed by atoms with Crippen molar-refractivity contribution in [1.82, 2.24) is 4.98 Å². The first-order chi connectivity index (χ1) is 9.63. The highest BCUT2D eigenvalue weighted by Crippen LogP contribution is 2.30. The Balaban J connectivity index is 1.80. The maximum absolute atomic E-state index is 13.4. The Morgan fingerprint density at radius 3 is 2.80 bits per heavy atom. The maximum atomic E-state index is 13.4. The first-order valence-corrected chi connectivity index (χ1v) is 7.20. The van der Waals surface area contributed by atoms with Crippen LogP contribution in [0.5, 0.6) is 0 Å². The molecule has 104 valence electrons. The van der Waals surface area contributed by atoms with Gasteiger partial charge in [-0.25, -0.2) is 0 Å². The first-order valence-electron chi connectivity index (χ1n) is 6.38. The van der Waals surface area contributed by atoms with Gasteiger partial charge in [0.15, 0.2) is 0 Å². The first kappa shape index (κ1) is 13.2. The highest BCUT2D eigenvalue weighted by molar-refractivity contribution is 7.14. The second kappa shape index (κ2) is 5.28. The van der Waals surface area contributed by atoms with E-state index in [9.17, 15) is 13.6 Å². The number of amides is 1. The van der Waals surface area contributed by atoms with Crippen molar-refractivity contribution in [1.29, 1.82) is 0 Å². The number of nitrogens with zero attached hydrogens (tertiary/aromatic N) is 1. The average Bonchev–Trinajstić information content (AvgIpc) is 2.86. The van der Waals surface area contributed by atoms with Crippen molar-refractivity contribution in [2.45, 2.75) is 25.7 Å². The summed E-state index contributed by atoms with van der Waals surface area (Å²) >= 11 is 1.44. The van der Waals surface area contributed by atoms with Crippen LogP contribution in [0.1, 0.15) is 33.0 Å². The van der Waals surface area contributed by atoms with E-state index in [0.29, 0.717) is 4.88 Å². The summed E-state index contributed by atoms with van der Waals surface area (Å²) in [6, 6.07) is 4.05. The molecule has 3 nitrogen and oxygen atoms in total. The quantitative estimate of drug-likeness (QED) is 0.861. The number of fused-ring (bicyclic) bond motifs is 1. The Bertz CT molecular complexity index is 646. The molecule has 0 aromatic carbocycles. The second-order valence-corrected chi connectivity index (χ2v) is 5.83. The molecule has 1 N–H and O–H groups in total. The van der Waals surface area contributed by atoms with Gasteiger partial charge in [0.2, 0.25) is 11.9 Å². The Hall–Kier alpha value is -1.82. The third-order valence-corrected chi connectivity index (χ3v) is 4.52. The van der Waals surface area contributed by atoms with E-state index in [1.165, 1.54) is 27.8 Å². The molecule has 3 rings (SSSR count). The molecule has 0 fully saturated rings. The summed E-state index contributed by atoms with van der Waals surface area (Å²) in [7, 11) is 0. The molecule has 2 aromatic rings. The molecular formula is C14H12F2N2OS. The fourth-order valence-corrected chi connectivity index (χ4v) is 3.44. The zero-order valence-electron chi connectivity index (χ0n) is 10.6. The van der Waals surface area contributed by atoms with E-state index in [1.54, 1.807) is 0 Å². The molecule has 2 aromatic heterocycles. The lowest BCUT2D eigenvalue weighted by atomic mass is 9.99. The molecule has 1 aliphatic carbocycles. The van der Waals surface area contributed by atoms with E-state index in [4.69, 9.17) is 0 Å². The Morgan fingerprint density at radius 2 is 2.05 bits per heavy atom. The monoisotopic (exact) mass is 294 g/mol. The summed E-state index contributed by atoms with van der Waals surface area (Å²) in [5, 5.41) is 2.43. The lowest BCUT2D eigenvalue weighted by molar-refractivity contribution is 0.103. The summed E-state index contributed by atoms with van der Waals surface area (Å²) < 4.78 is 26.1. The van der Waals surface area contributed by atoms with Crippen LogP contribution in [-0.2, 0) is 12.8 Å². The van der Waals surface area contributed by atoms with Crippen LogP contribution in [0.3, 0.4) is 0 Å². The summed E-state index contributed by atoms with van der Waals surface area (Å²) in [5.41, 5.74) is 1.10. The molecule has 0 radical (unpaired) electrons. The molecule has 2 heterocycles. The average molecular weight is 294 g/mol. The molecule has 0 spiro atoms. The van der Waals surface area contributed by atoms with Crippen molar-refractivity contribution in [2.24, 2.45) is 0 Å². The number of nitrogens with one attached hydrogen (secondary N) is 1. The summed E-state index contributed by atoms with van der Waals surface area (Å²) in [4.78, 5) is 16.9. The van der Waals surface area contributed by atoms with Gasteiger partial charge in [-0.1, -0.05) is 0 Å². The van der Waals surface area contributed by atoms with Gasteiger partial charge in [-0.3, -0.25) is 4.79 Å². The number of halogens is 2. The molecule has 0 atom stereocenters. The number of aryl methyl sites for hydroxylation is 2.